The second kappa shape index (κ2) is 5.17. The van der Waals surface area contributed by atoms with Crippen LogP contribution in [0.2, 0.25) is 0 Å². The van der Waals surface area contributed by atoms with Crippen molar-refractivity contribution < 1.29 is 0 Å². The van der Waals surface area contributed by atoms with Crippen LogP contribution in [-0.2, 0) is 0 Å². The maximum atomic E-state index is 3.54. The number of piperidine rings is 1. The van der Waals surface area contributed by atoms with Gasteiger partial charge in [-0.05, 0) is 38.4 Å². The van der Waals surface area contributed by atoms with E-state index >= 15 is 0 Å². The van der Waals surface area contributed by atoms with Crippen LogP contribution in [0, 0.1) is 0 Å². The van der Waals surface area contributed by atoms with E-state index in [0.29, 0.717) is 0 Å². The number of hydrogen-bond donors (Lipinski definition) is 0. The van der Waals surface area contributed by atoms with Gasteiger partial charge in [0.15, 0.2) is 0 Å². The van der Waals surface area contributed by atoms with Crippen LogP contribution in [0.4, 0.5) is 0 Å². The van der Waals surface area contributed by atoms with Gasteiger partial charge in [-0.15, -0.1) is 5.73 Å². The van der Waals surface area contributed by atoms with Gasteiger partial charge in [-0.3, -0.25) is 0 Å². The topological polar surface area (TPSA) is 3.24 Å². The summed E-state index contributed by atoms with van der Waals surface area (Å²) in [6.45, 7) is 7.33. The zero-order valence-electron chi connectivity index (χ0n) is 7.18. The zero-order valence-corrected chi connectivity index (χ0v) is 7.18. The molecule has 0 radical (unpaired) electrons. The summed E-state index contributed by atoms with van der Waals surface area (Å²) >= 11 is 0. The molecule has 0 saturated carbocycles. The third-order valence-electron chi connectivity index (χ3n) is 2.18. The normalized spacial score (nSPS) is 19.3. The molecule has 1 saturated heterocycles. The fourth-order valence-corrected chi connectivity index (χ4v) is 1.53. The van der Waals surface area contributed by atoms with Crippen LogP contribution < -0.4 is 0 Å². The highest BCUT2D eigenvalue weighted by atomic mass is 15.1. The van der Waals surface area contributed by atoms with Crippen LogP contribution >= 0.6 is 0 Å². The fourth-order valence-electron chi connectivity index (χ4n) is 1.53. The van der Waals surface area contributed by atoms with E-state index in [9.17, 15) is 0 Å². The molecule has 1 rings (SSSR count). The molecular formula is C10H17N. The summed E-state index contributed by atoms with van der Waals surface area (Å²) in [7, 11) is 0. The fraction of sp³-hybridized carbons (Fsp3) is 0.700. The largest absolute Gasteiger partial charge is 0.303 e. The summed E-state index contributed by atoms with van der Waals surface area (Å²) in [4.78, 5) is 2.53. The Balaban J connectivity index is 2.09. The van der Waals surface area contributed by atoms with Gasteiger partial charge in [-0.1, -0.05) is 13.0 Å². The molecule has 1 aliphatic rings. The van der Waals surface area contributed by atoms with Gasteiger partial charge in [0.25, 0.3) is 0 Å². The first-order chi connectivity index (χ1) is 5.43. The summed E-state index contributed by atoms with van der Waals surface area (Å²) in [6.07, 6.45) is 7.33. The second-order valence-electron chi connectivity index (χ2n) is 3.10. The Bertz CT molecular complexity index is 139. The quantitative estimate of drug-likeness (QED) is 0.559. The Morgan fingerprint density at radius 2 is 2.00 bits per heavy atom. The molecule has 0 bridgehead atoms. The molecule has 1 aliphatic heterocycles. The van der Waals surface area contributed by atoms with Crippen molar-refractivity contribution in [2.75, 3.05) is 19.6 Å². The lowest BCUT2D eigenvalue weighted by molar-refractivity contribution is 0.233. The first-order valence-corrected chi connectivity index (χ1v) is 4.50. The van der Waals surface area contributed by atoms with Crippen molar-refractivity contribution in [1.29, 1.82) is 0 Å². The molecule has 0 aliphatic carbocycles. The molecule has 0 aromatic carbocycles. The lowest BCUT2D eigenvalue weighted by Gasteiger charge is -2.25. The summed E-state index contributed by atoms with van der Waals surface area (Å²) in [5, 5.41) is 0. The van der Waals surface area contributed by atoms with E-state index in [1.54, 1.807) is 0 Å². The van der Waals surface area contributed by atoms with E-state index in [1.807, 2.05) is 6.08 Å². The van der Waals surface area contributed by atoms with Crippen molar-refractivity contribution >= 4 is 0 Å². The monoisotopic (exact) mass is 151 g/mol. The average Bonchev–Trinajstić information content (AvgIpc) is 2.07. The lowest BCUT2D eigenvalue weighted by Crippen LogP contribution is -2.30. The van der Waals surface area contributed by atoms with Crippen LogP contribution in [0.3, 0.4) is 0 Å². The number of likely N-dealkylation sites (tertiary alicyclic amines) is 1. The number of hydrogen-bond acceptors (Lipinski definition) is 1. The summed E-state index contributed by atoms with van der Waals surface area (Å²) in [5.41, 5.74) is 2.81. The van der Waals surface area contributed by atoms with Gasteiger partial charge in [-0.2, -0.15) is 0 Å². The molecule has 1 fully saturated rings. The lowest BCUT2D eigenvalue weighted by atomic mass is 10.1. The Hall–Kier alpha value is -0.520. The van der Waals surface area contributed by atoms with Crippen molar-refractivity contribution in [3.8, 4) is 0 Å². The van der Waals surface area contributed by atoms with Crippen LogP contribution in [0.25, 0.3) is 0 Å². The van der Waals surface area contributed by atoms with Crippen molar-refractivity contribution in [2.45, 2.75) is 25.7 Å². The molecule has 0 atom stereocenters. The molecule has 0 amide bonds. The third-order valence-corrected chi connectivity index (χ3v) is 2.18. The van der Waals surface area contributed by atoms with Gasteiger partial charge < -0.3 is 4.90 Å². The third kappa shape index (κ3) is 3.41. The highest BCUT2D eigenvalue weighted by molar-refractivity contribution is 4.77. The molecule has 62 valence electrons. The van der Waals surface area contributed by atoms with Crippen molar-refractivity contribution in [3.63, 3.8) is 0 Å². The van der Waals surface area contributed by atoms with Gasteiger partial charge in [0.2, 0.25) is 0 Å². The Morgan fingerprint density at radius 3 is 2.64 bits per heavy atom. The van der Waals surface area contributed by atoms with E-state index in [1.165, 1.54) is 38.9 Å². The van der Waals surface area contributed by atoms with Gasteiger partial charge in [0, 0.05) is 6.54 Å². The predicted octanol–water partition coefficient (Wildman–Crippen LogP) is 2.20. The maximum Gasteiger partial charge on any atom is 0.00220 e. The molecule has 0 aromatic rings. The predicted molar refractivity (Wildman–Crippen MR) is 48.6 cm³/mol. The summed E-state index contributed by atoms with van der Waals surface area (Å²) in [5.74, 6) is 0. The SMILES string of the molecule is C=C=CCCN1CCCCC1. The van der Waals surface area contributed by atoms with Gasteiger partial charge in [0.05, 0.1) is 0 Å². The standard InChI is InChI=1S/C10H17N/c1-2-3-5-8-11-9-6-4-7-10-11/h3H,1,4-10H2. The van der Waals surface area contributed by atoms with E-state index in [0.717, 1.165) is 6.42 Å². The minimum atomic E-state index is 1.11. The molecule has 0 spiro atoms. The Morgan fingerprint density at radius 1 is 1.27 bits per heavy atom. The second-order valence-corrected chi connectivity index (χ2v) is 3.10. The molecule has 0 unspecified atom stereocenters. The van der Waals surface area contributed by atoms with E-state index in [4.69, 9.17) is 0 Å². The number of nitrogens with zero attached hydrogens (tertiary/aromatic N) is 1. The van der Waals surface area contributed by atoms with Crippen LogP contribution in [0.15, 0.2) is 18.4 Å². The summed E-state index contributed by atoms with van der Waals surface area (Å²) < 4.78 is 0. The van der Waals surface area contributed by atoms with Gasteiger partial charge in [-0.25, -0.2) is 0 Å². The minimum Gasteiger partial charge on any atom is -0.303 e. The highest BCUT2D eigenvalue weighted by Gasteiger charge is 2.07. The first kappa shape index (κ1) is 8.58. The molecule has 11 heavy (non-hydrogen) atoms. The first-order valence-electron chi connectivity index (χ1n) is 4.50. The van der Waals surface area contributed by atoms with Gasteiger partial charge in [0.1, 0.15) is 0 Å². The van der Waals surface area contributed by atoms with Crippen molar-refractivity contribution in [2.24, 2.45) is 0 Å². The molecule has 1 heteroatoms. The Labute approximate surface area is 69.4 Å². The van der Waals surface area contributed by atoms with E-state index < -0.39 is 0 Å². The van der Waals surface area contributed by atoms with E-state index in [2.05, 4.69) is 17.2 Å². The maximum absolute atomic E-state index is 3.54. The van der Waals surface area contributed by atoms with Gasteiger partial charge >= 0.3 is 0 Å². The van der Waals surface area contributed by atoms with Crippen LogP contribution in [0.5, 0.6) is 0 Å². The van der Waals surface area contributed by atoms with Crippen molar-refractivity contribution in [1.82, 2.24) is 4.90 Å². The molecule has 0 N–H and O–H groups in total. The van der Waals surface area contributed by atoms with Crippen molar-refractivity contribution in [3.05, 3.63) is 18.4 Å². The average molecular weight is 151 g/mol. The van der Waals surface area contributed by atoms with E-state index in [-0.39, 0.29) is 0 Å². The summed E-state index contributed by atoms with van der Waals surface area (Å²) in [6, 6.07) is 0. The molecule has 1 nitrogen and oxygen atoms in total. The molecule has 1 heterocycles. The molecular weight excluding hydrogens is 134 g/mol. The molecule has 0 aromatic heterocycles. The minimum absolute atomic E-state index is 1.11. The smallest absolute Gasteiger partial charge is 0.00220 e. The van der Waals surface area contributed by atoms with Crippen LogP contribution in [-0.4, -0.2) is 24.5 Å². The Kier molecular flexibility index (Phi) is 4.03. The van der Waals surface area contributed by atoms with Crippen LogP contribution in [0.1, 0.15) is 25.7 Å². The number of rotatable bonds is 3. The zero-order chi connectivity index (χ0) is 7.94. The highest BCUT2D eigenvalue weighted by Crippen LogP contribution is 2.08.